The van der Waals surface area contributed by atoms with Gasteiger partial charge in [0.2, 0.25) is 0 Å². The summed E-state index contributed by atoms with van der Waals surface area (Å²) >= 11 is 0. The molecule has 1 aromatic carbocycles. The van der Waals surface area contributed by atoms with Crippen molar-refractivity contribution in [1.29, 1.82) is 0 Å². The molecule has 82 valence electrons. The van der Waals surface area contributed by atoms with E-state index in [1.54, 1.807) is 6.07 Å². The number of aliphatic hydroxyl groups excluding tert-OH is 1. The maximum absolute atomic E-state index is 13.4. The Bertz CT molecular complexity index is 358. The average molecular weight is 208 g/mol. The van der Waals surface area contributed by atoms with Crippen molar-refractivity contribution < 1.29 is 9.50 Å². The maximum atomic E-state index is 13.4. The molecule has 15 heavy (non-hydrogen) atoms. The summed E-state index contributed by atoms with van der Waals surface area (Å²) in [6.07, 6.45) is 0.506. The van der Waals surface area contributed by atoms with Gasteiger partial charge in [0.25, 0.3) is 0 Å². The summed E-state index contributed by atoms with van der Waals surface area (Å²) < 4.78 is 13.4. The van der Waals surface area contributed by atoms with Gasteiger partial charge < -0.3 is 5.11 Å². The van der Waals surface area contributed by atoms with Crippen LogP contribution in [0.25, 0.3) is 0 Å². The first-order chi connectivity index (χ1) is 7.00. The molecule has 1 atom stereocenters. The van der Waals surface area contributed by atoms with Crippen molar-refractivity contribution >= 4 is 0 Å². The van der Waals surface area contributed by atoms with E-state index in [4.69, 9.17) is 0 Å². The van der Waals surface area contributed by atoms with Gasteiger partial charge in [-0.2, -0.15) is 0 Å². The Morgan fingerprint density at radius 3 is 2.73 bits per heavy atom. The minimum absolute atomic E-state index is 0.329. The van der Waals surface area contributed by atoms with E-state index in [-0.39, 0.29) is 5.82 Å². The number of halogens is 1. The third-order valence-corrected chi connectivity index (χ3v) is 2.36. The van der Waals surface area contributed by atoms with Gasteiger partial charge in [0, 0.05) is 5.56 Å². The van der Waals surface area contributed by atoms with Gasteiger partial charge in [-0.25, -0.2) is 4.39 Å². The SMILES string of the molecule is C=C(C)CCC(O)c1ccc(C)cc1F. The molecule has 2 heteroatoms. The molecule has 0 amide bonds. The third kappa shape index (κ3) is 3.48. The first kappa shape index (κ1) is 11.9. The van der Waals surface area contributed by atoms with Crippen molar-refractivity contribution in [3.8, 4) is 0 Å². The minimum atomic E-state index is -0.734. The maximum Gasteiger partial charge on any atom is 0.129 e. The van der Waals surface area contributed by atoms with E-state index >= 15 is 0 Å². The molecular weight excluding hydrogens is 191 g/mol. The van der Waals surface area contributed by atoms with Gasteiger partial charge in [0.1, 0.15) is 5.82 Å². The van der Waals surface area contributed by atoms with Crippen LogP contribution in [-0.2, 0) is 0 Å². The lowest BCUT2D eigenvalue weighted by Crippen LogP contribution is -2.01. The number of hydrogen-bond acceptors (Lipinski definition) is 1. The zero-order valence-corrected chi connectivity index (χ0v) is 9.26. The molecule has 0 bridgehead atoms. The molecule has 0 aromatic heterocycles. The molecule has 0 radical (unpaired) electrons. The fourth-order valence-corrected chi connectivity index (χ4v) is 1.44. The molecule has 1 unspecified atom stereocenters. The van der Waals surface area contributed by atoms with Gasteiger partial charge in [0.05, 0.1) is 6.10 Å². The fraction of sp³-hybridized carbons (Fsp3) is 0.385. The Kier molecular flexibility index (Phi) is 4.04. The standard InChI is InChI=1S/C13H17FO/c1-9(2)4-7-13(15)11-6-5-10(3)8-12(11)14/h5-6,8,13,15H,1,4,7H2,2-3H3. The van der Waals surface area contributed by atoms with Gasteiger partial charge >= 0.3 is 0 Å². The van der Waals surface area contributed by atoms with E-state index in [1.807, 2.05) is 19.9 Å². The highest BCUT2D eigenvalue weighted by atomic mass is 19.1. The summed E-state index contributed by atoms with van der Waals surface area (Å²) in [5.41, 5.74) is 2.24. The van der Waals surface area contributed by atoms with E-state index < -0.39 is 6.10 Å². The Balaban J connectivity index is 2.73. The molecule has 0 spiro atoms. The number of rotatable bonds is 4. The molecule has 1 N–H and O–H groups in total. The highest BCUT2D eigenvalue weighted by Gasteiger charge is 2.12. The van der Waals surface area contributed by atoms with E-state index in [1.165, 1.54) is 6.07 Å². The molecule has 1 nitrogen and oxygen atoms in total. The molecule has 0 aliphatic rings. The van der Waals surface area contributed by atoms with Crippen LogP contribution in [0, 0.1) is 12.7 Å². The Morgan fingerprint density at radius 2 is 2.20 bits per heavy atom. The Labute approximate surface area is 90.3 Å². The van der Waals surface area contributed by atoms with Crippen LogP contribution in [0.1, 0.15) is 37.0 Å². The summed E-state index contributed by atoms with van der Waals surface area (Å²) in [4.78, 5) is 0. The second kappa shape index (κ2) is 5.08. The van der Waals surface area contributed by atoms with Crippen molar-refractivity contribution in [1.82, 2.24) is 0 Å². The average Bonchev–Trinajstić information content (AvgIpc) is 2.14. The lowest BCUT2D eigenvalue weighted by atomic mass is 10.0. The van der Waals surface area contributed by atoms with Gasteiger partial charge in [0.15, 0.2) is 0 Å². The van der Waals surface area contributed by atoms with Crippen LogP contribution < -0.4 is 0 Å². The zero-order chi connectivity index (χ0) is 11.4. The molecule has 1 rings (SSSR count). The van der Waals surface area contributed by atoms with E-state index in [2.05, 4.69) is 6.58 Å². The van der Waals surface area contributed by atoms with Crippen LogP contribution in [0.3, 0.4) is 0 Å². The lowest BCUT2D eigenvalue weighted by molar-refractivity contribution is 0.163. The first-order valence-electron chi connectivity index (χ1n) is 5.09. The molecule has 0 saturated heterocycles. The van der Waals surface area contributed by atoms with Crippen molar-refractivity contribution in [3.05, 3.63) is 47.3 Å². The van der Waals surface area contributed by atoms with Crippen LogP contribution in [0.5, 0.6) is 0 Å². The van der Waals surface area contributed by atoms with Crippen molar-refractivity contribution in [3.63, 3.8) is 0 Å². The van der Waals surface area contributed by atoms with Crippen molar-refractivity contribution in [2.75, 3.05) is 0 Å². The number of benzene rings is 1. The molecule has 0 aliphatic heterocycles. The summed E-state index contributed by atoms with van der Waals surface area (Å²) in [6.45, 7) is 7.48. The Morgan fingerprint density at radius 1 is 1.53 bits per heavy atom. The highest BCUT2D eigenvalue weighted by Crippen LogP contribution is 2.23. The quantitative estimate of drug-likeness (QED) is 0.750. The minimum Gasteiger partial charge on any atom is -0.388 e. The van der Waals surface area contributed by atoms with E-state index in [0.717, 1.165) is 11.1 Å². The largest absolute Gasteiger partial charge is 0.388 e. The number of aliphatic hydroxyl groups is 1. The number of aryl methyl sites for hydroxylation is 1. The second-order valence-corrected chi connectivity index (χ2v) is 4.04. The van der Waals surface area contributed by atoms with Crippen LogP contribution in [0.2, 0.25) is 0 Å². The predicted molar refractivity (Wildman–Crippen MR) is 60.1 cm³/mol. The van der Waals surface area contributed by atoms with Crippen molar-refractivity contribution in [2.24, 2.45) is 0 Å². The molecule has 0 heterocycles. The summed E-state index contributed by atoms with van der Waals surface area (Å²) in [5, 5.41) is 9.76. The summed E-state index contributed by atoms with van der Waals surface area (Å²) in [7, 11) is 0. The van der Waals surface area contributed by atoms with E-state index in [0.29, 0.717) is 18.4 Å². The monoisotopic (exact) mass is 208 g/mol. The fourth-order valence-electron chi connectivity index (χ4n) is 1.44. The number of hydrogen-bond donors (Lipinski definition) is 1. The smallest absolute Gasteiger partial charge is 0.129 e. The predicted octanol–water partition coefficient (Wildman–Crippen LogP) is 3.52. The first-order valence-corrected chi connectivity index (χ1v) is 5.09. The van der Waals surface area contributed by atoms with Gasteiger partial charge in [-0.15, -0.1) is 6.58 Å². The summed E-state index contributed by atoms with van der Waals surface area (Å²) in [6, 6.07) is 4.90. The van der Waals surface area contributed by atoms with Crippen LogP contribution in [-0.4, -0.2) is 5.11 Å². The molecular formula is C13H17FO. The lowest BCUT2D eigenvalue weighted by Gasteiger charge is -2.12. The van der Waals surface area contributed by atoms with Crippen LogP contribution in [0.4, 0.5) is 4.39 Å². The van der Waals surface area contributed by atoms with Crippen LogP contribution >= 0.6 is 0 Å². The number of allylic oxidation sites excluding steroid dienone is 1. The van der Waals surface area contributed by atoms with Crippen LogP contribution in [0.15, 0.2) is 30.4 Å². The highest BCUT2D eigenvalue weighted by molar-refractivity contribution is 5.25. The van der Waals surface area contributed by atoms with Gasteiger partial charge in [-0.05, 0) is 38.3 Å². The second-order valence-electron chi connectivity index (χ2n) is 4.04. The molecule has 1 aromatic rings. The normalized spacial score (nSPS) is 12.5. The molecule has 0 saturated carbocycles. The zero-order valence-electron chi connectivity index (χ0n) is 9.26. The topological polar surface area (TPSA) is 20.2 Å². The van der Waals surface area contributed by atoms with Gasteiger partial charge in [-0.3, -0.25) is 0 Å². The molecule has 0 aliphatic carbocycles. The van der Waals surface area contributed by atoms with E-state index in [9.17, 15) is 9.50 Å². The Hall–Kier alpha value is -1.15. The summed E-state index contributed by atoms with van der Waals surface area (Å²) in [5.74, 6) is -0.329. The van der Waals surface area contributed by atoms with Gasteiger partial charge in [-0.1, -0.05) is 17.7 Å². The molecule has 0 fully saturated rings. The van der Waals surface area contributed by atoms with Crippen molar-refractivity contribution in [2.45, 2.75) is 32.8 Å². The third-order valence-electron chi connectivity index (χ3n) is 2.36.